The van der Waals surface area contributed by atoms with Gasteiger partial charge in [-0.2, -0.15) is 0 Å². The molecular formula is C16H24N2O3. The molecule has 0 unspecified atom stereocenters. The molecule has 2 rings (SSSR count). The van der Waals surface area contributed by atoms with Gasteiger partial charge in [-0.3, -0.25) is 0 Å². The Kier molecular flexibility index (Phi) is 5.31. The van der Waals surface area contributed by atoms with E-state index in [4.69, 9.17) is 9.47 Å². The minimum absolute atomic E-state index is 0.198. The molecule has 1 heterocycles. The maximum absolute atomic E-state index is 11.6. The summed E-state index contributed by atoms with van der Waals surface area (Å²) in [6, 6.07) is 6.49. The standard InChI is InChI=1S/C16H24N2O3/c1-4-21-16(19)18-9-7-13(8-10-18)17-14-5-6-15(20-3)12(2)11-14/h5-6,11,13,17H,4,7-10H2,1-3H3. The molecule has 116 valence electrons. The molecule has 0 radical (unpaired) electrons. The van der Waals surface area contributed by atoms with Gasteiger partial charge in [-0.05, 0) is 50.5 Å². The molecule has 1 N–H and O–H groups in total. The van der Waals surface area contributed by atoms with Gasteiger partial charge in [0.15, 0.2) is 0 Å². The number of piperidine rings is 1. The molecule has 1 amide bonds. The lowest BCUT2D eigenvalue weighted by Crippen LogP contribution is -2.42. The van der Waals surface area contributed by atoms with Crippen LogP contribution in [0.4, 0.5) is 10.5 Å². The molecule has 1 aromatic rings. The second-order valence-electron chi connectivity index (χ2n) is 5.29. The number of carbonyl (C=O) groups is 1. The van der Waals surface area contributed by atoms with Crippen LogP contribution in [0.5, 0.6) is 5.75 Å². The van der Waals surface area contributed by atoms with Crippen LogP contribution in [0.25, 0.3) is 0 Å². The molecule has 1 aliphatic rings. The van der Waals surface area contributed by atoms with Crippen molar-refractivity contribution in [1.82, 2.24) is 4.90 Å². The van der Waals surface area contributed by atoms with Crippen molar-refractivity contribution in [3.05, 3.63) is 23.8 Å². The third-order valence-corrected chi connectivity index (χ3v) is 3.79. The molecule has 0 aromatic heterocycles. The molecule has 5 heteroatoms. The lowest BCUT2D eigenvalue weighted by molar-refractivity contribution is 0.0983. The van der Waals surface area contributed by atoms with Gasteiger partial charge in [0.05, 0.1) is 13.7 Å². The van der Waals surface area contributed by atoms with Crippen molar-refractivity contribution in [1.29, 1.82) is 0 Å². The Bertz CT molecular complexity index is 482. The highest BCUT2D eigenvalue weighted by Crippen LogP contribution is 2.23. The van der Waals surface area contributed by atoms with E-state index in [-0.39, 0.29) is 6.09 Å². The summed E-state index contributed by atoms with van der Waals surface area (Å²) in [6.07, 6.45) is 1.67. The fourth-order valence-corrected chi connectivity index (χ4v) is 2.63. The number of hydrogen-bond donors (Lipinski definition) is 1. The number of benzene rings is 1. The van der Waals surface area contributed by atoms with Gasteiger partial charge in [0, 0.05) is 24.8 Å². The van der Waals surface area contributed by atoms with Crippen LogP contribution in [0.1, 0.15) is 25.3 Å². The van der Waals surface area contributed by atoms with E-state index >= 15 is 0 Å². The topological polar surface area (TPSA) is 50.8 Å². The Morgan fingerprint density at radius 1 is 1.38 bits per heavy atom. The van der Waals surface area contributed by atoms with E-state index in [1.165, 1.54) is 0 Å². The third kappa shape index (κ3) is 4.03. The Morgan fingerprint density at radius 3 is 2.67 bits per heavy atom. The highest BCUT2D eigenvalue weighted by Gasteiger charge is 2.23. The Hall–Kier alpha value is -1.91. The Balaban J connectivity index is 1.86. The van der Waals surface area contributed by atoms with E-state index < -0.39 is 0 Å². The number of hydrogen-bond acceptors (Lipinski definition) is 4. The lowest BCUT2D eigenvalue weighted by Gasteiger charge is -2.32. The van der Waals surface area contributed by atoms with Gasteiger partial charge in [0.25, 0.3) is 0 Å². The van der Waals surface area contributed by atoms with Gasteiger partial charge >= 0.3 is 6.09 Å². The van der Waals surface area contributed by atoms with Crippen LogP contribution in [0, 0.1) is 6.92 Å². The minimum atomic E-state index is -0.198. The zero-order valence-corrected chi connectivity index (χ0v) is 13.0. The SMILES string of the molecule is CCOC(=O)N1CCC(Nc2ccc(OC)c(C)c2)CC1. The van der Waals surface area contributed by atoms with Crippen LogP contribution in [0.3, 0.4) is 0 Å². The van der Waals surface area contributed by atoms with Crippen LogP contribution < -0.4 is 10.1 Å². The number of nitrogens with one attached hydrogen (secondary N) is 1. The molecular weight excluding hydrogens is 268 g/mol. The van der Waals surface area contributed by atoms with Crippen LogP contribution in [-0.4, -0.2) is 43.8 Å². The van der Waals surface area contributed by atoms with Gasteiger partial charge in [-0.15, -0.1) is 0 Å². The van der Waals surface area contributed by atoms with Gasteiger partial charge in [0.2, 0.25) is 0 Å². The largest absolute Gasteiger partial charge is 0.496 e. The van der Waals surface area contributed by atoms with Crippen molar-refractivity contribution < 1.29 is 14.3 Å². The molecule has 0 saturated carbocycles. The normalized spacial score (nSPS) is 15.7. The van der Waals surface area contributed by atoms with Crippen molar-refractivity contribution in [3.8, 4) is 5.75 Å². The molecule has 1 aromatic carbocycles. The molecule has 0 bridgehead atoms. The molecule has 1 fully saturated rings. The number of rotatable bonds is 4. The number of likely N-dealkylation sites (tertiary alicyclic amines) is 1. The van der Waals surface area contributed by atoms with Crippen LogP contribution in [-0.2, 0) is 4.74 Å². The number of amides is 1. The molecule has 1 aliphatic heterocycles. The minimum Gasteiger partial charge on any atom is -0.496 e. The lowest BCUT2D eigenvalue weighted by atomic mass is 10.0. The highest BCUT2D eigenvalue weighted by atomic mass is 16.6. The predicted octanol–water partition coefficient (Wildman–Crippen LogP) is 3.04. The molecule has 0 spiro atoms. The number of methoxy groups -OCH3 is 1. The number of ether oxygens (including phenoxy) is 2. The summed E-state index contributed by atoms with van der Waals surface area (Å²) in [4.78, 5) is 13.4. The number of nitrogens with zero attached hydrogens (tertiary/aromatic N) is 1. The number of aryl methyl sites for hydroxylation is 1. The molecule has 0 atom stereocenters. The highest BCUT2D eigenvalue weighted by molar-refractivity contribution is 5.67. The fraction of sp³-hybridized carbons (Fsp3) is 0.562. The summed E-state index contributed by atoms with van der Waals surface area (Å²) < 4.78 is 10.3. The average Bonchev–Trinajstić information content (AvgIpc) is 2.48. The summed E-state index contributed by atoms with van der Waals surface area (Å²) in [5.74, 6) is 0.901. The van der Waals surface area contributed by atoms with E-state index in [2.05, 4.69) is 11.4 Å². The van der Waals surface area contributed by atoms with Crippen LogP contribution >= 0.6 is 0 Å². The van der Waals surface area contributed by atoms with Crippen molar-refractivity contribution in [2.75, 3.05) is 32.1 Å². The quantitative estimate of drug-likeness (QED) is 0.926. The first kappa shape index (κ1) is 15.5. The van der Waals surface area contributed by atoms with Crippen molar-refractivity contribution >= 4 is 11.8 Å². The van der Waals surface area contributed by atoms with E-state index in [0.29, 0.717) is 12.6 Å². The summed E-state index contributed by atoms with van der Waals surface area (Å²) in [5, 5.41) is 3.53. The summed E-state index contributed by atoms with van der Waals surface area (Å²) >= 11 is 0. The second-order valence-corrected chi connectivity index (χ2v) is 5.29. The number of anilines is 1. The zero-order chi connectivity index (χ0) is 15.2. The van der Waals surface area contributed by atoms with Crippen molar-refractivity contribution in [2.45, 2.75) is 32.7 Å². The Labute approximate surface area is 126 Å². The van der Waals surface area contributed by atoms with Gasteiger partial charge < -0.3 is 19.7 Å². The molecule has 1 saturated heterocycles. The van der Waals surface area contributed by atoms with Crippen molar-refractivity contribution in [2.24, 2.45) is 0 Å². The summed E-state index contributed by atoms with van der Waals surface area (Å²) in [7, 11) is 1.68. The summed E-state index contributed by atoms with van der Waals surface area (Å²) in [6.45, 7) is 5.78. The monoisotopic (exact) mass is 292 g/mol. The van der Waals surface area contributed by atoms with E-state index in [1.807, 2.05) is 26.0 Å². The maximum Gasteiger partial charge on any atom is 0.409 e. The maximum atomic E-state index is 11.6. The van der Waals surface area contributed by atoms with E-state index in [1.54, 1.807) is 12.0 Å². The van der Waals surface area contributed by atoms with Crippen molar-refractivity contribution in [3.63, 3.8) is 0 Å². The first-order chi connectivity index (χ1) is 10.1. The zero-order valence-electron chi connectivity index (χ0n) is 13.0. The first-order valence-electron chi connectivity index (χ1n) is 7.47. The molecule has 0 aliphatic carbocycles. The van der Waals surface area contributed by atoms with E-state index in [0.717, 1.165) is 42.9 Å². The van der Waals surface area contributed by atoms with Gasteiger partial charge in [0.1, 0.15) is 5.75 Å². The smallest absolute Gasteiger partial charge is 0.409 e. The first-order valence-corrected chi connectivity index (χ1v) is 7.47. The van der Waals surface area contributed by atoms with Gasteiger partial charge in [-0.1, -0.05) is 0 Å². The number of carbonyl (C=O) groups excluding carboxylic acids is 1. The fourth-order valence-electron chi connectivity index (χ4n) is 2.63. The Morgan fingerprint density at radius 2 is 2.10 bits per heavy atom. The van der Waals surface area contributed by atoms with E-state index in [9.17, 15) is 4.79 Å². The second kappa shape index (κ2) is 7.20. The van der Waals surface area contributed by atoms with Gasteiger partial charge in [-0.25, -0.2) is 4.79 Å². The molecule has 21 heavy (non-hydrogen) atoms. The summed E-state index contributed by atoms with van der Waals surface area (Å²) in [5.41, 5.74) is 2.22. The predicted molar refractivity (Wildman–Crippen MR) is 83.0 cm³/mol. The molecule has 5 nitrogen and oxygen atoms in total. The third-order valence-electron chi connectivity index (χ3n) is 3.79. The average molecular weight is 292 g/mol. The van der Waals surface area contributed by atoms with Crippen LogP contribution in [0.2, 0.25) is 0 Å². The van der Waals surface area contributed by atoms with Crippen LogP contribution in [0.15, 0.2) is 18.2 Å².